The highest BCUT2D eigenvalue weighted by Gasteiger charge is 2.48. The molecule has 0 bridgehead atoms. The third-order valence-electron chi connectivity index (χ3n) is 18.3. The zero-order valence-corrected chi connectivity index (χ0v) is 51.9. The predicted octanol–water partition coefficient (Wildman–Crippen LogP) is 23.4. The van der Waals surface area contributed by atoms with Gasteiger partial charge in [-0.3, -0.25) is 0 Å². The molecule has 1 aliphatic carbocycles. The van der Waals surface area contributed by atoms with Gasteiger partial charge in [-0.05, 0) is 217 Å². The van der Waals surface area contributed by atoms with Gasteiger partial charge >= 0.3 is 0 Å². The monoisotopic (exact) mass is 1100 g/mol. The fourth-order valence-electron chi connectivity index (χ4n) is 13.4. The van der Waals surface area contributed by atoms with E-state index in [9.17, 15) is 0 Å². The molecule has 11 aromatic carbocycles. The van der Waals surface area contributed by atoms with Crippen LogP contribution in [0.4, 0.5) is 0 Å². The van der Waals surface area contributed by atoms with Crippen molar-refractivity contribution in [2.75, 3.05) is 0 Å². The van der Waals surface area contributed by atoms with Crippen molar-refractivity contribution in [2.24, 2.45) is 0 Å². The van der Waals surface area contributed by atoms with Gasteiger partial charge < -0.3 is 4.42 Å². The molecular formula is C84H78O. The van der Waals surface area contributed by atoms with Gasteiger partial charge in [0.2, 0.25) is 0 Å². The summed E-state index contributed by atoms with van der Waals surface area (Å²) in [7, 11) is 0. The number of aryl methyl sites for hydroxylation is 1. The fourth-order valence-corrected chi connectivity index (χ4v) is 13.4. The van der Waals surface area contributed by atoms with E-state index in [1.54, 1.807) is 0 Å². The highest BCUT2D eigenvalue weighted by molar-refractivity contribution is 6.16. The van der Waals surface area contributed by atoms with Crippen LogP contribution in [0.2, 0.25) is 0 Å². The average molecular weight is 1100 g/mol. The van der Waals surface area contributed by atoms with E-state index in [4.69, 9.17) is 4.42 Å². The maximum absolute atomic E-state index is 6.75. The molecule has 0 saturated heterocycles. The van der Waals surface area contributed by atoms with E-state index in [1.807, 2.05) is 0 Å². The van der Waals surface area contributed by atoms with E-state index >= 15 is 0 Å². The highest BCUT2D eigenvalue weighted by Crippen LogP contribution is 2.60. The van der Waals surface area contributed by atoms with E-state index in [2.05, 4.69) is 327 Å². The number of para-hydroxylation sites is 1. The minimum atomic E-state index is -0.743. The summed E-state index contributed by atoms with van der Waals surface area (Å²) in [6, 6.07) is 90.4. The normalized spacial score (nSPS) is 13.3. The lowest BCUT2D eigenvalue weighted by Crippen LogP contribution is -2.28. The maximum atomic E-state index is 6.75. The van der Waals surface area contributed by atoms with E-state index in [1.165, 1.54) is 128 Å². The van der Waals surface area contributed by atoms with Crippen LogP contribution in [0.5, 0.6) is 0 Å². The van der Waals surface area contributed by atoms with E-state index in [-0.39, 0.29) is 21.7 Å². The van der Waals surface area contributed by atoms with E-state index in [0.717, 1.165) is 21.9 Å². The molecule has 0 amide bonds. The molecule has 1 heteroatoms. The Morgan fingerprint density at radius 3 is 1.01 bits per heavy atom. The molecule has 0 radical (unpaired) electrons. The summed E-state index contributed by atoms with van der Waals surface area (Å²) in [6.45, 7) is 29.7. The van der Waals surface area contributed by atoms with Gasteiger partial charge in [0.05, 0.1) is 5.41 Å². The lowest BCUT2D eigenvalue weighted by molar-refractivity contribution is 0.590. The molecule has 0 saturated carbocycles. The van der Waals surface area contributed by atoms with Gasteiger partial charge in [0.1, 0.15) is 11.2 Å². The third-order valence-corrected chi connectivity index (χ3v) is 18.3. The van der Waals surface area contributed by atoms with Crippen LogP contribution in [-0.4, -0.2) is 0 Å². The molecule has 0 N–H and O–H groups in total. The summed E-state index contributed by atoms with van der Waals surface area (Å²) in [5, 5.41) is 2.30. The molecule has 1 heterocycles. The van der Waals surface area contributed by atoms with Gasteiger partial charge in [0.15, 0.2) is 0 Å². The highest BCUT2D eigenvalue weighted by atomic mass is 16.3. The third kappa shape index (κ3) is 9.96. The average Bonchev–Trinajstić information content (AvgIpc) is 1.67. The Kier molecular flexibility index (Phi) is 13.4. The molecule has 12 aromatic rings. The van der Waals surface area contributed by atoms with Gasteiger partial charge in [-0.25, -0.2) is 0 Å². The topological polar surface area (TPSA) is 13.1 Å². The van der Waals surface area contributed by atoms with Crippen molar-refractivity contribution < 1.29 is 4.42 Å². The van der Waals surface area contributed by atoms with Crippen molar-refractivity contribution in [3.8, 4) is 77.9 Å². The number of furan rings is 1. The molecule has 0 spiro atoms. The summed E-state index contributed by atoms with van der Waals surface area (Å²) in [4.78, 5) is 0. The van der Waals surface area contributed by atoms with Gasteiger partial charge in [-0.2, -0.15) is 0 Å². The zero-order valence-electron chi connectivity index (χ0n) is 51.9. The lowest BCUT2D eigenvalue weighted by atomic mass is 9.66. The van der Waals surface area contributed by atoms with Crippen LogP contribution in [0.1, 0.15) is 133 Å². The SMILES string of the molecule is Cc1cccc2c1-c1c(ccc3oc4ccccc4c13)C2(c1cccc(-c2cc(-c3ccc(C(C)(C)C)cc3)cc(-c3ccc(C(C)(C)C)cc3)c2)c1)c1cccc(-c2cc(-c3ccc(C(C)(C)C)cc3)cc(-c3ccc(C(C)(C)C)cc3)c2)c1. The minimum Gasteiger partial charge on any atom is -0.456 e. The second kappa shape index (κ2) is 20.5. The van der Waals surface area contributed by atoms with Gasteiger partial charge in [-0.1, -0.05) is 259 Å². The Labute approximate surface area is 505 Å². The summed E-state index contributed by atoms with van der Waals surface area (Å²) < 4.78 is 6.75. The molecule has 0 unspecified atom stereocenters. The molecule has 0 aliphatic heterocycles. The van der Waals surface area contributed by atoms with Crippen molar-refractivity contribution in [3.63, 3.8) is 0 Å². The molecule has 420 valence electrons. The number of benzene rings is 11. The number of rotatable bonds is 8. The van der Waals surface area contributed by atoms with Crippen LogP contribution in [0.15, 0.2) is 241 Å². The first kappa shape index (κ1) is 55.4. The Morgan fingerprint density at radius 1 is 0.271 bits per heavy atom. The van der Waals surface area contributed by atoms with Crippen LogP contribution < -0.4 is 0 Å². The van der Waals surface area contributed by atoms with Crippen molar-refractivity contribution >= 4 is 21.9 Å². The first-order valence-electron chi connectivity index (χ1n) is 30.5. The van der Waals surface area contributed by atoms with Gasteiger partial charge in [-0.15, -0.1) is 0 Å². The quantitative estimate of drug-likeness (QED) is 0.148. The smallest absolute Gasteiger partial charge is 0.136 e. The van der Waals surface area contributed by atoms with E-state index in [0.29, 0.717) is 0 Å². The Bertz CT molecular complexity index is 4150. The standard InChI is InChI=1S/C84H78O/c1-53-19-16-25-73-77(53)79-74(43-44-76-78(79)72-24-14-15-26-75(72)85-76)84(73,70-22-17-20-58(51-70)64-47-60(54-27-35-66(36-28-54)80(2,3)4)45-61(48-64)55-29-37-67(38-30-55)81(5,6)7)71-23-18-21-59(52-71)65-49-62(56-31-39-68(40-32-56)82(8,9)10)46-63(50-65)57-33-41-69(42-34-57)83(11,12)13/h14-52H,1-13H3. The summed E-state index contributed by atoms with van der Waals surface area (Å²) >= 11 is 0. The minimum absolute atomic E-state index is 0.0492. The summed E-state index contributed by atoms with van der Waals surface area (Å²) in [5.41, 5.74) is 29.5. The van der Waals surface area contributed by atoms with Crippen LogP contribution >= 0.6 is 0 Å². The molecule has 0 atom stereocenters. The number of hydrogen-bond acceptors (Lipinski definition) is 1. The molecule has 0 fully saturated rings. The second-order valence-electron chi connectivity index (χ2n) is 28.3. The first-order valence-corrected chi connectivity index (χ1v) is 30.5. The van der Waals surface area contributed by atoms with Gasteiger partial charge in [0, 0.05) is 10.8 Å². The molecular weight excluding hydrogens is 1020 g/mol. The first-order chi connectivity index (χ1) is 40.5. The summed E-state index contributed by atoms with van der Waals surface area (Å²) in [5.74, 6) is 0. The van der Waals surface area contributed by atoms with E-state index < -0.39 is 5.41 Å². The van der Waals surface area contributed by atoms with Crippen LogP contribution in [0.3, 0.4) is 0 Å². The number of hydrogen-bond donors (Lipinski definition) is 0. The van der Waals surface area contributed by atoms with Gasteiger partial charge in [0.25, 0.3) is 0 Å². The summed E-state index contributed by atoms with van der Waals surface area (Å²) in [6.07, 6.45) is 0. The number of fused-ring (bicyclic) bond motifs is 7. The van der Waals surface area contributed by atoms with Crippen molar-refractivity contribution in [1.29, 1.82) is 0 Å². The largest absolute Gasteiger partial charge is 0.456 e. The van der Waals surface area contributed by atoms with Crippen LogP contribution in [-0.2, 0) is 27.1 Å². The van der Waals surface area contributed by atoms with Crippen molar-refractivity contribution in [2.45, 2.75) is 117 Å². The molecule has 13 rings (SSSR count). The lowest BCUT2D eigenvalue weighted by Gasteiger charge is -2.34. The molecule has 1 aliphatic rings. The second-order valence-corrected chi connectivity index (χ2v) is 28.3. The Balaban J connectivity index is 1.05. The zero-order chi connectivity index (χ0) is 59.4. The molecule has 85 heavy (non-hydrogen) atoms. The van der Waals surface area contributed by atoms with Crippen LogP contribution in [0, 0.1) is 6.92 Å². The van der Waals surface area contributed by atoms with Crippen molar-refractivity contribution in [3.05, 3.63) is 287 Å². The maximum Gasteiger partial charge on any atom is 0.136 e. The van der Waals surface area contributed by atoms with Crippen molar-refractivity contribution in [1.82, 2.24) is 0 Å². The molecule has 1 nitrogen and oxygen atoms in total. The molecule has 1 aromatic heterocycles. The van der Waals surface area contributed by atoms with Crippen LogP contribution in [0.25, 0.3) is 99.8 Å². The predicted molar refractivity (Wildman–Crippen MR) is 363 cm³/mol. The Morgan fingerprint density at radius 2 is 0.624 bits per heavy atom. The Hall–Kier alpha value is -8.78. The fraction of sp³-hybridized carbons (Fsp3) is 0.214.